The van der Waals surface area contributed by atoms with E-state index < -0.39 is 0 Å². The largest absolute Gasteiger partial charge is 0.0877 e. The standard InChI is InChI=1S/C9H14.2C2H6.CH4/c1-4-6-7-8-9(3)5-2;2*1-2;/h4-8H,1-3H3;2*1-2H3;1H4/b6-4-,8-7-,9-5-;;;. The lowest BCUT2D eigenvalue weighted by atomic mass is 10.2. The Morgan fingerprint density at radius 3 is 1.57 bits per heavy atom. The number of allylic oxidation sites excluding steroid dienone is 6. The van der Waals surface area contributed by atoms with Gasteiger partial charge in [-0.1, -0.05) is 71.1 Å². The summed E-state index contributed by atoms with van der Waals surface area (Å²) in [5.41, 5.74) is 1.30. The molecule has 0 heteroatoms. The Kier molecular flexibility index (Phi) is 49.0. The number of hydrogen-bond donors (Lipinski definition) is 0. The molecule has 0 aliphatic carbocycles. The minimum atomic E-state index is 0. The van der Waals surface area contributed by atoms with Crippen molar-refractivity contribution in [1.29, 1.82) is 0 Å². The molecule has 86 valence electrons. The second-order valence-electron chi connectivity index (χ2n) is 1.92. The van der Waals surface area contributed by atoms with Gasteiger partial charge in [0.05, 0.1) is 0 Å². The topological polar surface area (TPSA) is 0 Å². The van der Waals surface area contributed by atoms with Crippen LogP contribution in [0.4, 0.5) is 0 Å². The van der Waals surface area contributed by atoms with Gasteiger partial charge in [0.15, 0.2) is 0 Å². The van der Waals surface area contributed by atoms with E-state index in [0.29, 0.717) is 0 Å². The van der Waals surface area contributed by atoms with Gasteiger partial charge in [0.2, 0.25) is 0 Å². The summed E-state index contributed by atoms with van der Waals surface area (Å²) in [6.45, 7) is 14.1. The minimum Gasteiger partial charge on any atom is -0.0877 e. The molecule has 0 radical (unpaired) electrons. The number of rotatable bonds is 2. The highest BCUT2D eigenvalue weighted by atomic mass is 13.8. The lowest BCUT2D eigenvalue weighted by molar-refractivity contribution is 1.48. The summed E-state index contributed by atoms with van der Waals surface area (Å²) in [6.07, 6.45) is 10.2. The highest BCUT2D eigenvalue weighted by Crippen LogP contribution is 1.92. The van der Waals surface area contributed by atoms with E-state index in [1.807, 2.05) is 59.8 Å². The van der Waals surface area contributed by atoms with Crippen LogP contribution < -0.4 is 0 Å². The van der Waals surface area contributed by atoms with Gasteiger partial charge in [-0.25, -0.2) is 0 Å². The van der Waals surface area contributed by atoms with Gasteiger partial charge < -0.3 is 0 Å². The van der Waals surface area contributed by atoms with Crippen molar-refractivity contribution < 1.29 is 0 Å². The first kappa shape index (κ1) is 23.2. The molecule has 0 heterocycles. The summed E-state index contributed by atoms with van der Waals surface area (Å²) in [6, 6.07) is 0. The van der Waals surface area contributed by atoms with Crippen LogP contribution in [0, 0.1) is 0 Å². The SMILES string of the molecule is C.CC.CC.C\C=C/C=C\C(C)=C/C. The maximum Gasteiger partial charge on any atom is -0.0401 e. The van der Waals surface area contributed by atoms with Gasteiger partial charge in [-0.15, -0.1) is 0 Å². The molecule has 0 fully saturated rings. The molecule has 0 bridgehead atoms. The maximum atomic E-state index is 2.08. The fourth-order valence-corrected chi connectivity index (χ4v) is 0.415. The minimum absolute atomic E-state index is 0. The summed E-state index contributed by atoms with van der Waals surface area (Å²) in [5.74, 6) is 0. The van der Waals surface area contributed by atoms with Crippen LogP contribution in [0.5, 0.6) is 0 Å². The van der Waals surface area contributed by atoms with Crippen molar-refractivity contribution in [3.05, 3.63) is 36.0 Å². The van der Waals surface area contributed by atoms with Gasteiger partial charge in [-0.2, -0.15) is 0 Å². The van der Waals surface area contributed by atoms with E-state index in [9.17, 15) is 0 Å². The predicted octanol–water partition coefficient (Wildman–Crippen LogP) is 5.77. The third-order valence-corrected chi connectivity index (χ3v) is 1.12. The zero-order valence-electron chi connectivity index (χ0n) is 10.4. The normalized spacial score (nSPS) is 9.79. The van der Waals surface area contributed by atoms with E-state index in [-0.39, 0.29) is 7.43 Å². The average Bonchev–Trinajstić information content (AvgIpc) is 2.24. The van der Waals surface area contributed by atoms with Crippen LogP contribution in [-0.4, -0.2) is 0 Å². The van der Waals surface area contributed by atoms with E-state index in [0.717, 1.165) is 0 Å². The summed E-state index contributed by atoms with van der Waals surface area (Å²) in [7, 11) is 0. The van der Waals surface area contributed by atoms with Crippen molar-refractivity contribution in [2.75, 3.05) is 0 Å². The van der Waals surface area contributed by atoms with Crippen LogP contribution in [-0.2, 0) is 0 Å². The molecule has 0 atom stereocenters. The Balaban J connectivity index is -0.0000000883. The van der Waals surface area contributed by atoms with E-state index in [1.54, 1.807) is 0 Å². The van der Waals surface area contributed by atoms with Gasteiger partial charge in [-0.3, -0.25) is 0 Å². The third kappa shape index (κ3) is 30.3. The summed E-state index contributed by atoms with van der Waals surface area (Å²) in [4.78, 5) is 0. The van der Waals surface area contributed by atoms with E-state index in [4.69, 9.17) is 0 Å². The first-order valence-corrected chi connectivity index (χ1v) is 5.23. The molecule has 0 saturated carbocycles. The van der Waals surface area contributed by atoms with Crippen LogP contribution in [0.25, 0.3) is 0 Å². The molecule has 14 heavy (non-hydrogen) atoms. The molecule has 0 saturated heterocycles. The molecule has 0 rings (SSSR count). The Morgan fingerprint density at radius 2 is 1.29 bits per heavy atom. The van der Waals surface area contributed by atoms with Gasteiger partial charge in [0.1, 0.15) is 0 Å². The average molecular weight is 198 g/mol. The Bertz CT molecular complexity index is 136. The quantitative estimate of drug-likeness (QED) is 0.494. The zero-order valence-corrected chi connectivity index (χ0v) is 10.4. The van der Waals surface area contributed by atoms with E-state index in [1.165, 1.54) is 5.57 Å². The molecule has 0 aromatic carbocycles. The summed E-state index contributed by atoms with van der Waals surface area (Å²) < 4.78 is 0. The molecule has 0 nitrogen and oxygen atoms in total. The van der Waals surface area contributed by atoms with Crippen LogP contribution in [0.15, 0.2) is 36.0 Å². The van der Waals surface area contributed by atoms with Gasteiger partial charge in [-0.05, 0) is 20.8 Å². The van der Waals surface area contributed by atoms with Gasteiger partial charge >= 0.3 is 0 Å². The fourth-order valence-electron chi connectivity index (χ4n) is 0.415. The van der Waals surface area contributed by atoms with E-state index >= 15 is 0 Å². The molecule has 0 amide bonds. The van der Waals surface area contributed by atoms with Crippen LogP contribution in [0.1, 0.15) is 55.9 Å². The van der Waals surface area contributed by atoms with Gasteiger partial charge in [0, 0.05) is 0 Å². The van der Waals surface area contributed by atoms with Crippen LogP contribution in [0.2, 0.25) is 0 Å². The van der Waals surface area contributed by atoms with Crippen molar-refractivity contribution in [3.8, 4) is 0 Å². The second-order valence-corrected chi connectivity index (χ2v) is 1.92. The molecule has 0 aromatic rings. The lowest BCUT2D eigenvalue weighted by Gasteiger charge is -1.82. The molecule has 0 N–H and O–H groups in total. The number of hydrogen-bond acceptors (Lipinski definition) is 0. The molecule has 0 aliphatic rings. The van der Waals surface area contributed by atoms with Crippen LogP contribution >= 0.6 is 0 Å². The molecule has 0 aromatic heterocycles. The molecular weight excluding hydrogens is 168 g/mol. The first-order valence-electron chi connectivity index (χ1n) is 5.23. The molecule has 0 spiro atoms. The molecule has 0 aliphatic heterocycles. The highest BCUT2D eigenvalue weighted by Gasteiger charge is 1.71. The van der Waals surface area contributed by atoms with Crippen molar-refractivity contribution in [1.82, 2.24) is 0 Å². The maximum absolute atomic E-state index is 2.08. The first-order chi connectivity index (χ1) is 6.31. The predicted molar refractivity (Wildman–Crippen MR) is 72.8 cm³/mol. The summed E-state index contributed by atoms with van der Waals surface area (Å²) in [5, 5.41) is 0. The third-order valence-electron chi connectivity index (χ3n) is 1.12. The Morgan fingerprint density at radius 1 is 0.857 bits per heavy atom. The fraction of sp³-hybridized carbons (Fsp3) is 0.571. The monoisotopic (exact) mass is 198 g/mol. The Labute approximate surface area is 92.4 Å². The van der Waals surface area contributed by atoms with E-state index in [2.05, 4.69) is 19.1 Å². The smallest absolute Gasteiger partial charge is 0.0401 e. The van der Waals surface area contributed by atoms with Crippen molar-refractivity contribution in [2.24, 2.45) is 0 Å². The lowest BCUT2D eigenvalue weighted by Crippen LogP contribution is -1.61. The molecule has 0 unspecified atom stereocenters. The van der Waals surface area contributed by atoms with Crippen molar-refractivity contribution in [3.63, 3.8) is 0 Å². The summed E-state index contributed by atoms with van der Waals surface area (Å²) >= 11 is 0. The highest BCUT2D eigenvalue weighted by molar-refractivity contribution is 5.18. The zero-order chi connectivity index (χ0) is 11.1. The Hall–Kier alpha value is -0.780. The van der Waals surface area contributed by atoms with Crippen molar-refractivity contribution in [2.45, 2.75) is 55.9 Å². The van der Waals surface area contributed by atoms with Gasteiger partial charge in [0.25, 0.3) is 0 Å². The second kappa shape index (κ2) is 29.5. The van der Waals surface area contributed by atoms with Crippen LogP contribution in [0.3, 0.4) is 0 Å². The van der Waals surface area contributed by atoms with Crippen molar-refractivity contribution >= 4 is 0 Å². The molecular formula is C14H30.